The zero-order valence-electron chi connectivity index (χ0n) is 13.6. The average Bonchev–Trinajstić information content (AvgIpc) is 3.03. The summed E-state index contributed by atoms with van der Waals surface area (Å²) >= 11 is 0. The highest BCUT2D eigenvalue weighted by atomic mass is 16.5. The topological polar surface area (TPSA) is 50.8 Å². The number of carbonyl (C=O) groups excluding carboxylic acids is 1. The highest BCUT2D eigenvalue weighted by Gasteiger charge is 2.40. The zero-order chi connectivity index (χ0) is 16.0. The molecule has 1 N–H and O–H groups in total. The molecule has 23 heavy (non-hydrogen) atoms. The molecule has 0 bridgehead atoms. The first-order chi connectivity index (χ1) is 11.3. The van der Waals surface area contributed by atoms with Crippen LogP contribution >= 0.6 is 0 Å². The molecule has 1 aliphatic carbocycles. The van der Waals surface area contributed by atoms with Crippen LogP contribution in [0.2, 0.25) is 0 Å². The van der Waals surface area contributed by atoms with Gasteiger partial charge in [-0.1, -0.05) is 43.2 Å². The Kier molecular flexibility index (Phi) is 5.51. The van der Waals surface area contributed by atoms with E-state index in [4.69, 9.17) is 9.47 Å². The Hall–Kier alpha value is -1.59. The second kappa shape index (κ2) is 7.79. The van der Waals surface area contributed by atoms with Crippen molar-refractivity contribution in [2.75, 3.05) is 32.8 Å². The van der Waals surface area contributed by atoms with E-state index >= 15 is 0 Å². The van der Waals surface area contributed by atoms with Gasteiger partial charge in [0.1, 0.15) is 0 Å². The number of urea groups is 1. The van der Waals surface area contributed by atoms with Gasteiger partial charge in [-0.05, 0) is 18.4 Å². The summed E-state index contributed by atoms with van der Waals surface area (Å²) in [5.74, 6) is 0. The van der Waals surface area contributed by atoms with Gasteiger partial charge in [0.05, 0.1) is 32.0 Å². The minimum absolute atomic E-state index is 0.00267. The molecule has 0 unspecified atom stereocenters. The van der Waals surface area contributed by atoms with E-state index in [-0.39, 0.29) is 11.6 Å². The molecule has 126 valence electrons. The van der Waals surface area contributed by atoms with Crippen LogP contribution in [0.5, 0.6) is 0 Å². The fourth-order valence-corrected chi connectivity index (χ4v) is 3.45. The molecule has 1 spiro atoms. The van der Waals surface area contributed by atoms with Crippen molar-refractivity contribution < 1.29 is 14.3 Å². The van der Waals surface area contributed by atoms with Crippen LogP contribution < -0.4 is 5.32 Å². The van der Waals surface area contributed by atoms with Gasteiger partial charge in [0.15, 0.2) is 0 Å². The van der Waals surface area contributed by atoms with Gasteiger partial charge in [-0.2, -0.15) is 0 Å². The van der Waals surface area contributed by atoms with Crippen molar-refractivity contribution in [1.82, 2.24) is 10.2 Å². The number of rotatable bonds is 5. The smallest absolute Gasteiger partial charge is 0.317 e. The van der Waals surface area contributed by atoms with Crippen molar-refractivity contribution in [1.29, 1.82) is 0 Å². The minimum atomic E-state index is -0.0700. The lowest BCUT2D eigenvalue weighted by molar-refractivity contribution is -0.0926. The van der Waals surface area contributed by atoms with E-state index in [2.05, 4.69) is 5.32 Å². The third-order valence-corrected chi connectivity index (χ3v) is 4.68. The van der Waals surface area contributed by atoms with Crippen LogP contribution in [-0.2, 0) is 16.1 Å². The van der Waals surface area contributed by atoms with E-state index in [1.807, 2.05) is 35.2 Å². The Bertz CT molecular complexity index is 500. The molecular weight excluding hydrogens is 292 g/mol. The maximum Gasteiger partial charge on any atom is 0.317 e. The Balaban J connectivity index is 1.34. The maximum absolute atomic E-state index is 12.3. The fourth-order valence-electron chi connectivity index (χ4n) is 3.45. The van der Waals surface area contributed by atoms with Gasteiger partial charge >= 0.3 is 6.03 Å². The van der Waals surface area contributed by atoms with Crippen LogP contribution in [0.4, 0.5) is 4.79 Å². The number of amides is 2. The van der Waals surface area contributed by atoms with E-state index < -0.39 is 0 Å². The summed E-state index contributed by atoms with van der Waals surface area (Å²) in [5.41, 5.74) is 1.08. The fraction of sp³-hybridized carbons (Fsp3) is 0.611. The van der Waals surface area contributed by atoms with Gasteiger partial charge in [0.2, 0.25) is 0 Å². The molecule has 2 aliphatic rings. The van der Waals surface area contributed by atoms with Crippen molar-refractivity contribution in [2.45, 2.75) is 37.9 Å². The van der Waals surface area contributed by atoms with Gasteiger partial charge in [0.25, 0.3) is 0 Å². The van der Waals surface area contributed by atoms with Crippen molar-refractivity contribution >= 4 is 6.03 Å². The van der Waals surface area contributed by atoms with Crippen LogP contribution in [0.25, 0.3) is 0 Å². The monoisotopic (exact) mass is 318 g/mol. The Labute approximate surface area is 137 Å². The summed E-state index contributed by atoms with van der Waals surface area (Å²) < 4.78 is 11.5. The van der Waals surface area contributed by atoms with Crippen LogP contribution in [0, 0.1) is 0 Å². The summed E-state index contributed by atoms with van der Waals surface area (Å²) in [6, 6.07) is 10.1. The summed E-state index contributed by atoms with van der Waals surface area (Å²) in [5, 5.41) is 2.95. The molecular formula is C18H26N2O3. The highest BCUT2D eigenvalue weighted by molar-refractivity contribution is 5.74. The predicted molar refractivity (Wildman–Crippen MR) is 88.2 cm³/mol. The third-order valence-electron chi connectivity index (χ3n) is 4.68. The van der Waals surface area contributed by atoms with Crippen LogP contribution in [0.15, 0.2) is 30.3 Å². The van der Waals surface area contributed by atoms with Gasteiger partial charge in [-0.3, -0.25) is 0 Å². The predicted octanol–water partition coefficient (Wildman–Crippen LogP) is 2.56. The van der Waals surface area contributed by atoms with Crippen molar-refractivity contribution in [3.63, 3.8) is 0 Å². The molecule has 0 radical (unpaired) electrons. The van der Waals surface area contributed by atoms with Crippen molar-refractivity contribution in [3.05, 3.63) is 35.9 Å². The average molecular weight is 318 g/mol. The lowest BCUT2D eigenvalue weighted by atomic mass is 10.00. The molecule has 0 aromatic heterocycles. The first-order valence-electron chi connectivity index (χ1n) is 8.56. The molecule has 5 nitrogen and oxygen atoms in total. The van der Waals surface area contributed by atoms with Crippen molar-refractivity contribution in [3.8, 4) is 0 Å². The second-order valence-corrected chi connectivity index (χ2v) is 6.43. The SMILES string of the molecule is O=C(NCCOCc1ccccc1)N1CCOC2(CCCC2)C1. The van der Waals surface area contributed by atoms with Crippen LogP contribution in [0.3, 0.4) is 0 Å². The molecule has 1 aliphatic heterocycles. The van der Waals surface area contributed by atoms with E-state index in [0.717, 1.165) is 24.9 Å². The number of ether oxygens (including phenoxy) is 2. The number of hydrogen-bond acceptors (Lipinski definition) is 3. The molecule has 1 aromatic rings. The summed E-state index contributed by atoms with van der Waals surface area (Å²) in [6.45, 7) is 3.70. The standard InChI is InChI=1S/C18H26N2O3/c21-17(19-10-12-22-14-16-6-2-1-3-7-16)20-11-13-23-18(15-20)8-4-5-9-18/h1-3,6-7H,4-5,8-15H2,(H,19,21). The molecule has 1 saturated carbocycles. The first-order valence-corrected chi connectivity index (χ1v) is 8.56. The second-order valence-electron chi connectivity index (χ2n) is 6.43. The summed E-state index contributed by atoms with van der Waals surface area (Å²) in [7, 11) is 0. The molecule has 5 heteroatoms. The van der Waals surface area contributed by atoms with E-state index in [1.165, 1.54) is 12.8 Å². The number of benzene rings is 1. The third kappa shape index (κ3) is 4.45. The van der Waals surface area contributed by atoms with Crippen LogP contribution in [-0.4, -0.2) is 49.4 Å². The maximum atomic E-state index is 12.3. The molecule has 2 amide bonds. The first kappa shape index (κ1) is 16.3. The molecule has 0 atom stereocenters. The van der Waals surface area contributed by atoms with E-state index in [0.29, 0.717) is 32.9 Å². The number of hydrogen-bond donors (Lipinski definition) is 1. The summed E-state index contributed by atoms with van der Waals surface area (Å²) in [4.78, 5) is 14.2. The van der Waals surface area contributed by atoms with Crippen molar-refractivity contribution in [2.24, 2.45) is 0 Å². The number of nitrogens with zero attached hydrogens (tertiary/aromatic N) is 1. The zero-order valence-corrected chi connectivity index (χ0v) is 13.6. The van der Waals surface area contributed by atoms with Gasteiger partial charge in [-0.25, -0.2) is 4.79 Å². The Morgan fingerprint density at radius 1 is 1.26 bits per heavy atom. The number of nitrogens with one attached hydrogen (secondary N) is 1. The number of morpholine rings is 1. The Morgan fingerprint density at radius 2 is 2.04 bits per heavy atom. The Morgan fingerprint density at radius 3 is 2.83 bits per heavy atom. The molecule has 1 heterocycles. The van der Waals surface area contributed by atoms with E-state index in [9.17, 15) is 4.79 Å². The van der Waals surface area contributed by atoms with E-state index in [1.54, 1.807) is 0 Å². The molecule has 1 aromatic carbocycles. The highest BCUT2D eigenvalue weighted by Crippen LogP contribution is 2.35. The number of carbonyl (C=O) groups is 1. The lowest BCUT2D eigenvalue weighted by Crippen LogP contribution is -2.55. The van der Waals surface area contributed by atoms with Gasteiger partial charge < -0.3 is 19.7 Å². The van der Waals surface area contributed by atoms with Gasteiger partial charge in [0, 0.05) is 13.1 Å². The van der Waals surface area contributed by atoms with Crippen LogP contribution in [0.1, 0.15) is 31.2 Å². The van der Waals surface area contributed by atoms with Gasteiger partial charge in [-0.15, -0.1) is 0 Å². The molecule has 3 rings (SSSR count). The quantitative estimate of drug-likeness (QED) is 0.849. The minimum Gasteiger partial charge on any atom is -0.375 e. The molecule has 1 saturated heterocycles. The largest absolute Gasteiger partial charge is 0.375 e. The normalized spacial score (nSPS) is 19.9. The lowest BCUT2D eigenvalue weighted by Gasteiger charge is -2.40. The summed E-state index contributed by atoms with van der Waals surface area (Å²) in [6.07, 6.45) is 4.58. The molecule has 2 fully saturated rings.